The van der Waals surface area contributed by atoms with Crippen molar-refractivity contribution in [2.75, 3.05) is 18.2 Å². The Kier molecular flexibility index (Phi) is 5.00. The molecular weight excluding hydrogens is 342 g/mol. The maximum atomic E-state index is 13.2. The normalized spacial score (nSPS) is 25.9. The van der Waals surface area contributed by atoms with Gasteiger partial charge in [0.2, 0.25) is 5.91 Å². The summed E-state index contributed by atoms with van der Waals surface area (Å²) < 4.78 is 5.89. The SMILES string of the molecule is Cc1ccc(C)c(N2N=C(C(=O)N3CCOC4CCCCC43)CCC2=O)c1. The molecule has 3 aliphatic rings. The number of carbonyl (C=O) groups excluding carboxylic acids is 2. The van der Waals surface area contributed by atoms with E-state index in [0.29, 0.717) is 31.7 Å². The molecule has 0 spiro atoms. The van der Waals surface area contributed by atoms with Crippen LogP contribution >= 0.6 is 0 Å². The molecule has 2 unspecified atom stereocenters. The van der Waals surface area contributed by atoms with Crippen LogP contribution in [0.25, 0.3) is 0 Å². The number of hydrogen-bond acceptors (Lipinski definition) is 4. The molecule has 2 heterocycles. The molecule has 0 bridgehead atoms. The minimum Gasteiger partial charge on any atom is -0.374 e. The van der Waals surface area contributed by atoms with Gasteiger partial charge in [-0.05, 0) is 43.9 Å². The van der Waals surface area contributed by atoms with E-state index in [2.05, 4.69) is 5.10 Å². The second-order valence-corrected chi connectivity index (χ2v) is 7.80. The number of hydrazone groups is 1. The highest BCUT2D eigenvalue weighted by atomic mass is 16.5. The van der Waals surface area contributed by atoms with Gasteiger partial charge in [0.1, 0.15) is 5.71 Å². The number of rotatable bonds is 2. The molecule has 6 nitrogen and oxygen atoms in total. The fraction of sp³-hybridized carbons (Fsp3) is 0.571. The number of carbonyl (C=O) groups is 2. The van der Waals surface area contributed by atoms with E-state index in [0.717, 1.165) is 36.1 Å². The van der Waals surface area contributed by atoms with Gasteiger partial charge in [-0.1, -0.05) is 25.0 Å². The van der Waals surface area contributed by atoms with Gasteiger partial charge in [0.15, 0.2) is 0 Å². The largest absolute Gasteiger partial charge is 0.374 e. The van der Waals surface area contributed by atoms with E-state index >= 15 is 0 Å². The molecule has 1 saturated carbocycles. The summed E-state index contributed by atoms with van der Waals surface area (Å²) in [5.74, 6) is -0.0872. The molecule has 2 atom stereocenters. The van der Waals surface area contributed by atoms with Crippen LogP contribution in [-0.4, -0.2) is 47.7 Å². The molecule has 2 amide bonds. The quantitative estimate of drug-likeness (QED) is 0.805. The molecule has 144 valence electrons. The molecule has 2 fully saturated rings. The molecule has 2 aliphatic heterocycles. The zero-order valence-corrected chi connectivity index (χ0v) is 16.1. The summed E-state index contributed by atoms with van der Waals surface area (Å²) >= 11 is 0. The molecular formula is C21H27N3O3. The van der Waals surface area contributed by atoms with Crippen LogP contribution in [0.15, 0.2) is 23.3 Å². The van der Waals surface area contributed by atoms with Gasteiger partial charge in [-0.15, -0.1) is 0 Å². The van der Waals surface area contributed by atoms with E-state index in [1.54, 1.807) is 0 Å². The van der Waals surface area contributed by atoms with E-state index in [4.69, 9.17) is 4.74 Å². The molecule has 6 heteroatoms. The topological polar surface area (TPSA) is 62.2 Å². The summed E-state index contributed by atoms with van der Waals surface area (Å²) in [6, 6.07) is 6.10. The van der Waals surface area contributed by atoms with Crippen molar-refractivity contribution in [3.8, 4) is 0 Å². The summed E-state index contributed by atoms with van der Waals surface area (Å²) in [4.78, 5) is 27.7. The Balaban J connectivity index is 1.61. The molecule has 1 aromatic carbocycles. The second-order valence-electron chi connectivity index (χ2n) is 7.80. The van der Waals surface area contributed by atoms with Gasteiger partial charge in [-0.25, -0.2) is 5.01 Å². The van der Waals surface area contributed by atoms with E-state index in [9.17, 15) is 9.59 Å². The Labute approximate surface area is 160 Å². The van der Waals surface area contributed by atoms with Crippen molar-refractivity contribution < 1.29 is 14.3 Å². The van der Waals surface area contributed by atoms with Crippen molar-refractivity contribution in [3.05, 3.63) is 29.3 Å². The van der Waals surface area contributed by atoms with Gasteiger partial charge in [0, 0.05) is 19.4 Å². The Morgan fingerprint density at radius 3 is 2.85 bits per heavy atom. The lowest BCUT2D eigenvalue weighted by atomic mass is 9.89. The fourth-order valence-corrected chi connectivity index (χ4v) is 4.36. The summed E-state index contributed by atoms with van der Waals surface area (Å²) in [7, 11) is 0. The molecule has 0 radical (unpaired) electrons. The van der Waals surface area contributed by atoms with E-state index in [1.807, 2.05) is 36.9 Å². The lowest BCUT2D eigenvalue weighted by molar-refractivity contribution is -0.142. The van der Waals surface area contributed by atoms with E-state index < -0.39 is 0 Å². The Bertz CT molecular complexity index is 787. The number of fused-ring (bicyclic) bond motifs is 1. The van der Waals surface area contributed by atoms with Gasteiger partial charge in [0.25, 0.3) is 5.91 Å². The monoisotopic (exact) mass is 369 g/mol. The zero-order chi connectivity index (χ0) is 19.0. The number of benzene rings is 1. The van der Waals surface area contributed by atoms with Gasteiger partial charge in [0.05, 0.1) is 24.4 Å². The number of anilines is 1. The maximum Gasteiger partial charge on any atom is 0.270 e. The third kappa shape index (κ3) is 3.50. The number of aryl methyl sites for hydroxylation is 2. The number of hydrogen-bond donors (Lipinski definition) is 0. The van der Waals surface area contributed by atoms with Crippen LogP contribution in [0.5, 0.6) is 0 Å². The first kappa shape index (κ1) is 18.2. The summed E-state index contributed by atoms with van der Waals surface area (Å²) in [5, 5.41) is 5.94. The zero-order valence-electron chi connectivity index (χ0n) is 16.1. The van der Waals surface area contributed by atoms with Crippen molar-refractivity contribution in [1.29, 1.82) is 0 Å². The summed E-state index contributed by atoms with van der Waals surface area (Å²) in [6.45, 7) is 5.14. The average Bonchev–Trinajstić information content (AvgIpc) is 2.69. The molecule has 27 heavy (non-hydrogen) atoms. The van der Waals surface area contributed by atoms with Crippen LogP contribution in [-0.2, 0) is 14.3 Å². The highest BCUT2D eigenvalue weighted by Gasteiger charge is 2.39. The first-order valence-corrected chi connectivity index (χ1v) is 9.95. The smallest absolute Gasteiger partial charge is 0.270 e. The Hall–Kier alpha value is -2.21. The molecule has 4 rings (SSSR count). The third-order valence-electron chi connectivity index (χ3n) is 5.87. The maximum absolute atomic E-state index is 13.2. The van der Waals surface area contributed by atoms with Crippen molar-refractivity contribution >= 4 is 23.2 Å². The molecule has 1 aromatic rings. The molecule has 0 N–H and O–H groups in total. The van der Waals surface area contributed by atoms with Crippen LogP contribution in [0.1, 0.15) is 49.7 Å². The first-order chi connectivity index (χ1) is 13.0. The van der Waals surface area contributed by atoms with Gasteiger partial charge < -0.3 is 9.64 Å². The lowest BCUT2D eigenvalue weighted by Crippen LogP contribution is -2.57. The predicted octanol–water partition coefficient (Wildman–Crippen LogP) is 2.96. The van der Waals surface area contributed by atoms with Gasteiger partial charge in [-0.2, -0.15) is 5.10 Å². The standard InChI is InChI=1S/C21H27N3O3/c1-14-7-8-15(2)18(13-14)24-20(25)10-9-16(22-24)21(26)23-11-12-27-19-6-4-3-5-17(19)23/h7-8,13,17,19H,3-6,9-12H2,1-2H3. The number of ether oxygens (including phenoxy) is 1. The Morgan fingerprint density at radius 2 is 2.00 bits per heavy atom. The Morgan fingerprint density at radius 1 is 1.19 bits per heavy atom. The molecule has 1 aliphatic carbocycles. The van der Waals surface area contributed by atoms with Crippen LogP contribution in [0.2, 0.25) is 0 Å². The van der Waals surface area contributed by atoms with Crippen LogP contribution in [0, 0.1) is 13.8 Å². The average molecular weight is 369 g/mol. The molecule has 0 aromatic heterocycles. The predicted molar refractivity (Wildman–Crippen MR) is 104 cm³/mol. The van der Waals surface area contributed by atoms with Crippen molar-refractivity contribution in [1.82, 2.24) is 4.90 Å². The third-order valence-corrected chi connectivity index (χ3v) is 5.87. The lowest BCUT2D eigenvalue weighted by Gasteiger charge is -2.44. The van der Waals surface area contributed by atoms with Gasteiger partial charge in [-0.3, -0.25) is 9.59 Å². The number of amides is 2. The summed E-state index contributed by atoms with van der Waals surface area (Å²) in [6.07, 6.45) is 5.19. The number of nitrogens with zero attached hydrogens (tertiary/aromatic N) is 3. The van der Waals surface area contributed by atoms with Crippen molar-refractivity contribution in [2.45, 2.75) is 64.5 Å². The minimum atomic E-state index is -0.0576. The summed E-state index contributed by atoms with van der Waals surface area (Å²) in [5.41, 5.74) is 3.30. The van der Waals surface area contributed by atoms with Crippen molar-refractivity contribution in [2.24, 2.45) is 5.10 Å². The second kappa shape index (κ2) is 7.43. The number of morpholine rings is 1. The highest BCUT2D eigenvalue weighted by molar-refractivity contribution is 6.40. The molecule has 1 saturated heterocycles. The van der Waals surface area contributed by atoms with E-state index in [1.165, 1.54) is 11.4 Å². The fourth-order valence-electron chi connectivity index (χ4n) is 4.36. The van der Waals surface area contributed by atoms with Crippen LogP contribution in [0.3, 0.4) is 0 Å². The van der Waals surface area contributed by atoms with Gasteiger partial charge >= 0.3 is 0 Å². The van der Waals surface area contributed by atoms with E-state index in [-0.39, 0.29) is 24.0 Å². The van der Waals surface area contributed by atoms with Crippen LogP contribution in [0.4, 0.5) is 5.69 Å². The minimum absolute atomic E-state index is 0.0296. The van der Waals surface area contributed by atoms with Crippen LogP contribution < -0.4 is 5.01 Å². The highest BCUT2D eigenvalue weighted by Crippen LogP contribution is 2.30. The first-order valence-electron chi connectivity index (χ1n) is 9.95. The van der Waals surface area contributed by atoms with Crippen molar-refractivity contribution in [3.63, 3.8) is 0 Å².